The van der Waals surface area contributed by atoms with Gasteiger partial charge in [-0.05, 0) is 42.8 Å². The maximum Gasteiger partial charge on any atom is 0.346 e. The van der Waals surface area contributed by atoms with Crippen LogP contribution in [0.3, 0.4) is 0 Å². The highest BCUT2D eigenvalue weighted by Crippen LogP contribution is 2.36. The summed E-state index contributed by atoms with van der Waals surface area (Å²) in [6.07, 6.45) is 0.775. The molecule has 134 valence electrons. The summed E-state index contributed by atoms with van der Waals surface area (Å²) in [5.74, 6) is 0.113. The molecule has 0 amide bonds. The van der Waals surface area contributed by atoms with E-state index in [1.54, 1.807) is 49.4 Å². The fraction of sp³-hybridized carbons (Fsp3) is 0.158. The second-order valence-corrected chi connectivity index (χ2v) is 6.39. The van der Waals surface area contributed by atoms with E-state index in [9.17, 15) is 9.59 Å². The number of allylic oxidation sites excluding steroid dienone is 1. The van der Waals surface area contributed by atoms with Crippen LogP contribution < -0.4 is 9.47 Å². The van der Waals surface area contributed by atoms with Crippen LogP contribution in [0.2, 0.25) is 10.0 Å². The van der Waals surface area contributed by atoms with Crippen LogP contribution in [0.15, 0.2) is 42.2 Å². The summed E-state index contributed by atoms with van der Waals surface area (Å²) in [5, 5.41) is 0.911. The number of ketones is 1. The molecule has 7 heteroatoms. The van der Waals surface area contributed by atoms with E-state index in [4.69, 9.17) is 32.7 Å². The predicted molar refractivity (Wildman–Crippen MR) is 97.9 cm³/mol. The summed E-state index contributed by atoms with van der Waals surface area (Å²) in [6, 6.07) is 9.69. The molecule has 2 aromatic carbocycles. The lowest BCUT2D eigenvalue weighted by Crippen LogP contribution is -2.24. The molecular weight excluding hydrogens is 379 g/mol. The summed E-state index contributed by atoms with van der Waals surface area (Å²) in [5.41, 5.74) is 1.02. The molecule has 1 aliphatic heterocycles. The molecule has 0 aromatic heterocycles. The van der Waals surface area contributed by atoms with E-state index in [-0.39, 0.29) is 11.5 Å². The van der Waals surface area contributed by atoms with Gasteiger partial charge in [-0.2, -0.15) is 0 Å². The number of hydrogen-bond acceptors (Lipinski definition) is 5. The number of rotatable bonds is 4. The highest BCUT2D eigenvalue weighted by molar-refractivity contribution is 6.35. The van der Waals surface area contributed by atoms with Crippen molar-refractivity contribution in [3.05, 3.63) is 63.3 Å². The second-order valence-electron chi connectivity index (χ2n) is 5.55. The fourth-order valence-electron chi connectivity index (χ4n) is 2.42. The van der Waals surface area contributed by atoms with Crippen molar-refractivity contribution in [3.8, 4) is 11.5 Å². The molecule has 0 spiro atoms. The Morgan fingerprint density at radius 3 is 2.65 bits per heavy atom. The average molecular weight is 393 g/mol. The summed E-state index contributed by atoms with van der Waals surface area (Å²) in [4.78, 5) is 23.9. The third-order valence-corrected chi connectivity index (χ3v) is 4.30. The summed E-state index contributed by atoms with van der Waals surface area (Å²) in [7, 11) is 1.28. The van der Waals surface area contributed by atoms with Gasteiger partial charge in [0.05, 0.1) is 12.7 Å². The molecule has 1 aliphatic rings. The van der Waals surface area contributed by atoms with Crippen molar-refractivity contribution in [2.75, 3.05) is 7.11 Å². The molecule has 26 heavy (non-hydrogen) atoms. The van der Waals surface area contributed by atoms with Gasteiger partial charge in [0, 0.05) is 16.1 Å². The molecule has 1 heterocycles. The van der Waals surface area contributed by atoms with Crippen molar-refractivity contribution in [3.63, 3.8) is 0 Å². The quantitative estimate of drug-likeness (QED) is 0.564. The monoisotopic (exact) mass is 392 g/mol. The standard InChI is InChI=1S/C19H14Cl2O5/c1-10(19(23)24-2)25-13-5-6-14-16(9-13)26-17(18(14)22)7-11-3-4-12(20)8-15(11)21/h3-10H,1-2H3/b17-7-/t10-/m0/s1. The predicted octanol–water partition coefficient (Wildman–Crippen LogP) is 4.55. The molecule has 5 nitrogen and oxygen atoms in total. The molecule has 0 bridgehead atoms. The Bertz CT molecular complexity index is 920. The number of hydrogen-bond donors (Lipinski definition) is 0. The zero-order valence-electron chi connectivity index (χ0n) is 13.9. The smallest absolute Gasteiger partial charge is 0.346 e. The van der Waals surface area contributed by atoms with E-state index >= 15 is 0 Å². The van der Waals surface area contributed by atoms with Crippen molar-refractivity contribution < 1.29 is 23.8 Å². The van der Waals surface area contributed by atoms with Crippen molar-refractivity contribution in [1.82, 2.24) is 0 Å². The van der Waals surface area contributed by atoms with Gasteiger partial charge in [0.25, 0.3) is 0 Å². The number of carbonyl (C=O) groups is 2. The molecule has 0 radical (unpaired) electrons. The van der Waals surface area contributed by atoms with Crippen molar-refractivity contribution >= 4 is 41.0 Å². The van der Waals surface area contributed by atoms with Crippen LogP contribution in [0.25, 0.3) is 6.08 Å². The number of Topliss-reactive ketones (excluding diaryl/α,β-unsaturated/α-hetero) is 1. The molecule has 0 saturated heterocycles. The Hall–Kier alpha value is -2.50. The van der Waals surface area contributed by atoms with Crippen LogP contribution in [0.4, 0.5) is 0 Å². The lowest BCUT2D eigenvalue weighted by molar-refractivity contribution is -0.147. The lowest BCUT2D eigenvalue weighted by atomic mass is 10.1. The highest BCUT2D eigenvalue weighted by atomic mass is 35.5. The van der Waals surface area contributed by atoms with Gasteiger partial charge >= 0.3 is 5.97 Å². The van der Waals surface area contributed by atoms with Gasteiger partial charge in [0.15, 0.2) is 11.9 Å². The van der Waals surface area contributed by atoms with Gasteiger partial charge in [-0.3, -0.25) is 4.79 Å². The molecule has 0 aliphatic carbocycles. The summed E-state index contributed by atoms with van der Waals surface area (Å²) in [6.45, 7) is 1.57. The number of fused-ring (bicyclic) bond motifs is 1. The Kier molecular flexibility index (Phi) is 5.20. The molecule has 0 fully saturated rings. The molecule has 2 aromatic rings. The van der Waals surface area contributed by atoms with Gasteiger partial charge < -0.3 is 14.2 Å². The minimum atomic E-state index is -0.780. The van der Waals surface area contributed by atoms with Gasteiger partial charge in [-0.1, -0.05) is 29.3 Å². The van der Waals surface area contributed by atoms with Gasteiger partial charge in [0.1, 0.15) is 11.5 Å². The zero-order valence-corrected chi connectivity index (χ0v) is 15.4. The third kappa shape index (κ3) is 3.69. The molecule has 0 saturated carbocycles. The summed E-state index contributed by atoms with van der Waals surface area (Å²) >= 11 is 12.0. The number of esters is 1. The van der Waals surface area contributed by atoms with Crippen LogP contribution in [-0.4, -0.2) is 25.0 Å². The minimum absolute atomic E-state index is 0.141. The first kappa shape index (κ1) is 18.3. The van der Waals surface area contributed by atoms with Crippen LogP contribution >= 0.6 is 23.2 Å². The Balaban J connectivity index is 1.85. The first-order chi connectivity index (χ1) is 12.4. The molecule has 1 atom stereocenters. The second kappa shape index (κ2) is 7.40. The SMILES string of the molecule is COC(=O)[C@H](C)Oc1ccc2c(c1)O/C(=C\c1ccc(Cl)cc1Cl)C2=O. The van der Waals surface area contributed by atoms with Crippen molar-refractivity contribution in [1.29, 1.82) is 0 Å². The van der Waals surface area contributed by atoms with Crippen molar-refractivity contribution in [2.24, 2.45) is 0 Å². The van der Waals surface area contributed by atoms with Gasteiger partial charge in [-0.15, -0.1) is 0 Å². The molecule has 0 unspecified atom stereocenters. The summed E-state index contributed by atoms with van der Waals surface area (Å²) < 4.78 is 15.8. The highest BCUT2D eigenvalue weighted by Gasteiger charge is 2.28. The number of halogens is 2. The molecular formula is C19H14Cl2O5. The first-order valence-corrected chi connectivity index (χ1v) is 8.42. The fourth-order valence-corrected chi connectivity index (χ4v) is 2.88. The average Bonchev–Trinajstić information content (AvgIpc) is 2.92. The molecule has 3 rings (SSSR count). The van der Waals surface area contributed by atoms with Crippen molar-refractivity contribution in [2.45, 2.75) is 13.0 Å². The number of methoxy groups -OCH3 is 1. The van der Waals surface area contributed by atoms with E-state index in [0.717, 1.165) is 0 Å². The maximum atomic E-state index is 12.5. The van der Waals surface area contributed by atoms with E-state index in [0.29, 0.717) is 32.7 Å². The van der Waals surface area contributed by atoms with E-state index in [1.165, 1.54) is 7.11 Å². The van der Waals surface area contributed by atoms with Crippen LogP contribution in [0.5, 0.6) is 11.5 Å². The van der Waals surface area contributed by atoms with Gasteiger partial charge in [-0.25, -0.2) is 4.79 Å². The van der Waals surface area contributed by atoms with E-state index < -0.39 is 12.1 Å². The normalized spacial score (nSPS) is 15.4. The van der Waals surface area contributed by atoms with E-state index in [2.05, 4.69) is 4.74 Å². The number of ether oxygens (including phenoxy) is 3. The van der Waals surface area contributed by atoms with Crippen LogP contribution in [-0.2, 0) is 9.53 Å². The third-order valence-electron chi connectivity index (χ3n) is 3.74. The van der Waals surface area contributed by atoms with Crippen LogP contribution in [0.1, 0.15) is 22.8 Å². The number of benzene rings is 2. The zero-order chi connectivity index (χ0) is 18.8. The van der Waals surface area contributed by atoms with Gasteiger partial charge in [0.2, 0.25) is 5.78 Å². The lowest BCUT2D eigenvalue weighted by Gasteiger charge is -2.12. The Labute approximate surface area is 160 Å². The largest absolute Gasteiger partial charge is 0.479 e. The first-order valence-electron chi connectivity index (χ1n) is 7.67. The topological polar surface area (TPSA) is 61.8 Å². The Morgan fingerprint density at radius 1 is 1.19 bits per heavy atom. The number of carbonyl (C=O) groups excluding carboxylic acids is 2. The minimum Gasteiger partial charge on any atom is -0.479 e. The maximum absolute atomic E-state index is 12.5. The Morgan fingerprint density at radius 2 is 1.96 bits per heavy atom. The molecule has 0 N–H and O–H groups in total. The van der Waals surface area contributed by atoms with E-state index in [1.807, 2.05) is 0 Å². The van der Waals surface area contributed by atoms with Crippen LogP contribution in [0, 0.1) is 0 Å².